The molecule has 1 aromatic rings. The van der Waals surface area contributed by atoms with Gasteiger partial charge in [-0.15, -0.1) is 0 Å². The van der Waals surface area contributed by atoms with Crippen LogP contribution in [-0.2, 0) is 27.1 Å². The molecule has 4 nitrogen and oxygen atoms in total. The maximum absolute atomic E-state index is 12.8. The van der Waals surface area contributed by atoms with Gasteiger partial charge in [0.2, 0.25) is 0 Å². The molecule has 1 aliphatic carbocycles. The Labute approximate surface area is 189 Å². The highest BCUT2D eigenvalue weighted by molar-refractivity contribution is 5.90. The second-order valence-corrected chi connectivity index (χ2v) is 12.5. The zero-order valence-electron chi connectivity index (χ0n) is 21.3. The summed E-state index contributed by atoms with van der Waals surface area (Å²) in [6.07, 6.45) is 2.97. The predicted molar refractivity (Wildman–Crippen MR) is 125 cm³/mol. The molecule has 1 aliphatic rings. The molecule has 1 unspecified atom stereocenters. The van der Waals surface area contributed by atoms with Crippen LogP contribution in [0.4, 0.5) is 0 Å². The Morgan fingerprint density at radius 1 is 0.903 bits per heavy atom. The zero-order valence-corrected chi connectivity index (χ0v) is 21.3. The summed E-state index contributed by atoms with van der Waals surface area (Å²) in [6, 6.07) is 5.72. The van der Waals surface area contributed by atoms with Gasteiger partial charge in [-0.05, 0) is 82.1 Å². The first kappa shape index (κ1) is 25.4. The van der Waals surface area contributed by atoms with E-state index in [0.29, 0.717) is 12.0 Å². The van der Waals surface area contributed by atoms with Crippen molar-refractivity contribution in [2.75, 3.05) is 0 Å². The van der Waals surface area contributed by atoms with Crippen molar-refractivity contribution in [1.82, 2.24) is 0 Å². The van der Waals surface area contributed by atoms with Gasteiger partial charge in [0.1, 0.15) is 11.2 Å². The van der Waals surface area contributed by atoms with Crippen molar-refractivity contribution in [3.05, 3.63) is 34.9 Å². The zero-order chi connectivity index (χ0) is 23.8. The van der Waals surface area contributed by atoms with Gasteiger partial charge in [-0.3, -0.25) is 4.79 Å². The lowest BCUT2D eigenvalue weighted by molar-refractivity contribution is -0.164. The van der Waals surface area contributed by atoms with E-state index in [1.54, 1.807) is 0 Å². The van der Waals surface area contributed by atoms with Crippen LogP contribution in [-0.4, -0.2) is 23.1 Å². The number of fused-ring (bicyclic) bond motifs is 1. The van der Waals surface area contributed by atoms with Crippen molar-refractivity contribution in [2.24, 2.45) is 16.7 Å². The minimum Gasteiger partial charge on any atom is -0.459 e. The van der Waals surface area contributed by atoms with Crippen molar-refractivity contribution in [3.63, 3.8) is 0 Å². The van der Waals surface area contributed by atoms with Crippen LogP contribution < -0.4 is 0 Å². The molecule has 31 heavy (non-hydrogen) atoms. The Hall–Kier alpha value is -1.84. The van der Waals surface area contributed by atoms with Gasteiger partial charge in [-0.2, -0.15) is 0 Å². The summed E-state index contributed by atoms with van der Waals surface area (Å²) in [5, 5.41) is 0. The second-order valence-electron chi connectivity index (χ2n) is 12.5. The van der Waals surface area contributed by atoms with E-state index >= 15 is 0 Å². The predicted octanol–water partition coefficient (Wildman–Crippen LogP) is 6.53. The number of carbonyl (C=O) groups is 2. The van der Waals surface area contributed by atoms with Crippen LogP contribution in [0.3, 0.4) is 0 Å². The van der Waals surface area contributed by atoms with Gasteiger partial charge in [0.25, 0.3) is 0 Å². The van der Waals surface area contributed by atoms with Gasteiger partial charge in [0, 0.05) is 5.41 Å². The average Bonchev–Trinajstić information content (AvgIpc) is 2.56. The van der Waals surface area contributed by atoms with Gasteiger partial charge < -0.3 is 9.47 Å². The SMILES string of the molecule is CC(C)(C)CC(C)(C)OC(=O)C1CCc2cc(C(=O)OC(C)(C)C(C)(C)C)ccc2C1. The Morgan fingerprint density at radius 2 is 1.52 bits per heavy atom. The highest BCUT2D eigenvalue weighted by atomic mass is 16.6. The minimum absolute atomic E-state index is 0.0928. The normalized spacial score (nSPS) is 17.7. The number of rotatable bonds is 5. The van der Waals surface area contributed by atoms with Crippen molar-refractivity contribution in [3.8, 4) is 0 Å². The fourth-order valence-corrected chi connectivity index (χ4v) is 4.20. The molecule has 0 saturated heterocycles. The molecule has 1 atom stereocenters. The van der Waals surface area contributed by atoms with E-state index in [-0.39, 0.29) is 28.7 Å². The molecule has 0 radical (unpaired) electrons. The van der Waals surface area contributed by atoms with Crippen LogP contribution in [0.25, 0.3) is 0 Å². The third kappa shape index (κ3) is 6.82. The van der Waals surface area contributed by atoms with E-state index in [9.17, 15) is 9.59 Å². The maximum atomic E-state index is 12.8. The van der Waals surface area contributed by atoms with Crippen LogP contribution >= 0.6 is 0 Å². The van der Waals surface area contributed by atoms with Gasteiger partial charge in [0.15, 0.2) is 0 Å². The Morgan fingerprint density at radius 3 is 2.06 bits per heavy atom. The lowest BCUT2D eigenvalue weighted by atomic mass is 9.79. The number of hydrogen-bond acceptors (Lipinski definition) is 4. The van der Waals surface area contributed by atoms with Crippen molar-refractivity contribution in [1.29, 1.82) is 0 Å². The quantitative estimate of drug-likeness (QED) is 0.498. The smallest absolute Gasteiger partial charge is 0.338 e. The topological polar surface area (TPSA) is 52.6 Å². The highest BCUT2D eigenvalue weighted by Crippen LogP contribution is 2.35. The first-order chi connectivity index (χ1) is 13.9. The summed E-state index contributed by atoms with van der Waals surface area (Å²) in [7, 11) is 0. The fraction of sp³-hybridized carbons (Fsp3) is 0.704. The van der Waals surface area contributed by atoms with Crippen LogP contribution in [0.5, 0.6) is 0 Å². The Bertz CT molecular complexity index is 819. The van der Waals surface area contributed by atoms with Crippen LogP contribution in [0, 0.1) is 16.7 Å². The molecule has 174 valence electrons. The standard InChI is InChI=1S/C27H42O4/c1-24(2,3)17-26(7,8)30-22(28)20-13-11-19-16-21(14-12-18(19)15-20)23(29)31-27(9,10)25(4,5)6/h12,14,16,20H,11,13,15,17H2,1-10H3. The van der Waals surface area contributed by atoms with Gasteiger partial charge in [-0.1, -0.05) is 47.6 Å². The molecular weight excluding hydrogens is 388 g/mol. The third-order valence-electron chi connectivity index (χ3n) is 6.49. The molecule has 1 aromatic carbocycles. The molecule has 4 heteroatoms. The fourth-order valence-electron chi connectivity index (χ4n) is 4.20. The lowest BCUT2D eigenvalue weighted by Crippen LogP contribution is -2.41. The van der Waals surface area contributed by atoms with Crippen LogP contribution in [0.2, 0.25) is 0 Å². The molecule has 0 aromatic heterocycles. The molecule has 0 heterocycles. The van der Waals surface area contributed by atoms with Crippen molar-refractivity contribution < 1.29 is 19.1 Å². The largest absolute Gasteiger partial charge is 0.459 e. The molecule has 2 rings (SSSR count). The number of carbonyl (C=O) groups excluding carboxylic acids is 2. The molecule has 0 saturated carbocycles. The van der Waals surface area contributed by atoms with Gasteiger partial charge in [0.05, 0.1) is 11.5 Å². The van der Waals surface area contributed by atoms with Crippen molar-refractivity contribution >= 4 is 11.9 Å². The number of hydrogen-bond donors (Lipinski definition) is 0. The first-order valence-electron chi connectivity index (χ1n) is 11.5. The summed E-state index contributed by atoms with van der Waals surface area (Å²) in [5.41, 5.74) is 1.69. The van der Waals surface area contributed by atoms with E-state index in [2.05, 4.69) is 41.5 Å². The highest BCUT2D eigenvalue weighted by Gasteiger charge is 2.37. The van der Waals surface area contributed by atoms with Gasteiger partial charge >= 0.3 is 11.9 Å². The molecule has 0 N–H and O–H groups in total. The summed E-state index contributed by atoms with van der Waals surface area (Å²) in [5.74, 6) is -0.548. The van der Waals surface area contributed by atoms with E-state index in [4.69, 9.17) is 9.47 Å². The van der Waals surface area contributed by atoms with E-state index in [1.165, 1.54) is 0 Å². The molecule has 0 fully saturated rings. The third-order valence-corrected chi connectivity index (χ3v) is 6.49. The average molecular weight is 431 g/mol. The summed E-state index contributed by atoms with van der Waals surface area (Å²) >= 11 is 0. The van der Waals surface area contributed by atoms with E-state index in [1.807, 2.05) is 45.9 Å². The van der Waals surface area contributed by atoms with Crippen LogP contribution in [0.1, 0.15) is 104 Å². The number of ether oxygens (including phenoxy) is 2. The number of esters is 2. The molecule has 0 bridgehead atoms. The second kappa shape index (κ2) is 8.60. The van der Waals surface area contributed by atoms with E-state index < -0.39 is 11.2 Å². The molecule has 0 amide bonds. The maximum Gasteiger partial charge on any atom is 0.338 e. The first-order valence-corrected chi connectivity index (χ1v) is 11.5. The van der Waals surface area contributed by atoms with Crippen molar-refractivity contribution in [2.45, 2.75) is 106 Å². The minimum atomic E-state index is -0.575. The van der Waals surface area contributed by atoms with Gasteiger partial charge in [-0.25, -0.2) is 4.79 Å². The Balaban J connectivity index is 2.07. The molecule has 0 aliphatic heterocycles. The van der Waals surface area contributed by atoms with E-state index in [0.717, 1.165) is 30.4 Å². The number of aryl methyl sites for hydroxylation is 1. The summed E-state index contributed by atoms with van der Waals surface area (Å²) in [6.45, 7) is 20.5. The number of benzene rings is 1. The van der Waals surface area contributed by atoms with Crippen LogP contribution in [0.15, 0.2) is 18.2 Å². The lowest BCUT2D eigenvalue weighted by Gasteiger charge is -2.38. The summed E-state index contributed by atoms with van der Waals surface area (Å²) in [4.78, 5) is 25.6. The molecule has 0 spiro atoms. The molecular formula is C27H42O4. The Kier molecular flexibility index (Phi) is 7.05. The monoisotopic (exact) mass is 430 g/mol. The summed E-state index contributed by atoms with van der Waals surface area (Å²) < 4.78 is 11.7.